The molecule has 1 fully saturated rings. The number of hydrazine groups is 1. The molecule has 2 heterocycles. The van der Waals surface area contributed by atoms with Gasteiger partial charge < -0.3 is 9.64 Å². The molecular formula is C15H15ClN6O4. The van der Waals surface area contributed by atoms with Gasteiger partial charge in [-0.2, -0.15) is 0 Å². The van der Waals surface area contributed by atoms with E-state index < -0.39 is 10.8 Å². The van der Waals surface area contributed by atoms with Crippen molar-refractivity contribution in [2.24, 2.45) is 0 Å². The summed E-state index contributed by atoms with van der Waals surface area (Å²) in [5, 5.41) is 11.8. The quantitative estimate of drug-likeness (QED) is 0.594. The standard InChI is InChI=1S/C15H15ClN6O4/c16-11-4-2-1-3-10(11)15(23)20-19-13-12(22(24)25)14(18-9-17-13)21-5-7-26-8-6-21/h1-4,9H,5-8H2,(H,20,23)(H,17,18,19). The minimum absolute atomic E-state index is 0.119. The summed E-state index contributed by atoms with van der Waals surface area (Å²) in [6, 6.07) is 6.45. The van der Waals surface area contributed by atoms with Crippen LogP contribution in [0.25, 0.3) is 0 Å². The highest BCUT2D eigenvalue weighted by molar-refractivity contribution is 6.33. The third-order valence-corrected chi connectivity index (χ3v) is 4.04. The molecule has 1 saturated heterocycles. The van der Waals surface area contributed by atoms with Gasteiger partial charge in [-0.3, -0.25) is 25.8 Å². The molecule has 1 aliphatic rings. The van der Waals surface area contributed by atoms with E-state index in [-0.39, 0.29) is 27.9 Å². The minimum atomic E-state index is -0.589. The summed E-state index contributed by atoms with van der Waals surface area (Å²) in [6.45, 7) is 1.85. The number of rotatable bonds is 5. The number of carbonyl (C=O) groups is 1. The van der Waals surface area contributed by atoms with Crippen LogP contribution in [0.5, 0.6) is 0 Å². The average Bonchev–Trinajstić information content (AvgIpc) is 2.66. The Morgan fingerprint density at radius 1 is 1.27 bits per heavy atom. The number of amides is 1. The van der Waals surface area contributed by atoms with Gasteiger partial charge in [-0.25, -0.2) is 9.97 Å². The number of nitrogens with one attached hydrogen (secondary N) is 2. The molecule has 26 heavy (non-hydrogen) atoms. The molecule has 0 atom stereocenters. The van der Waals surface area contributed by atoms with Crippen molar-refractivity contribution in [3.05, 3.63) is 51.3 Å². The summed E-state index contributed by atoms with van der Waals surface area (Å²) in [7, 11) is 0. The van der Waals surface area contributed by atoms with Gasteiger partial charge in [0.05, 0.1) is 28.7 Å². The number of benzene rings is 1. The maximum Gasteiger partial charge on any atom is 0.355 e. The van der Waals surface area contributed by atoms with E-state index >= 15 is 0 Å². The van der Waals surface area contributed by atoms with E-state index in [1.165, 1.54) is 12.4 Å². The topological polar surface area (TPSA) is 123 Å². The van der Waals surface area contributed by atoms with Crippen LogP contribution in [-0.2, 0) is 4.74 Å². The zero-order valence-electron chi connectivity index (χ0n) is 13.5. The Bertz CT molecular complexity index is 828. The SMILES string of the molecule is O=C(NNc1ncnc(N2CCOCC2)c1[N+](=O)[O-])c1ccccc1Cl. The maximum atomic E-state index is 12.2. The van der Waals surface area contributed by atoms with Gasteiger partial charge in [0.2, 0.25) is 11.6 Å². The van der Waals surface area contributed by atoms with Crippen LogP contribution in [0.1, 0.15) is 10.4 Å². The highest BCUT2D eigenvalue weighted by atomic mass is 35.5. The zero-order valence-corrected chi connectivity index (χ0v) is 14.3. The van der Waals surface area contributed by atoms with Crippen molar-refractivity contribution < 1.29 is 14.5 Å². The fraction of sp³-hybridized carbons (Fsp3) is 0.267. The van der Waals surface area contributed by atoms with Crippen LogP contribution < -0.4 is 15.8 Å². The van der Waals surface area contributed by atoms with Gasteiger partial charge in [0.25, 0.3) is 5.91 Å². The smallest absolute Gasteiger partial charge is 0.355 e. The first-order valence-electron chi connectivity index (χ1n) is 7.71. The maximum absolute atomic E-state index is 12.2. The Balaban J connectivity index is 1.82. The lowest BCUT2D eigenvalue weighted by molar-refractivity contribution is -0.383. The van der Waals surface area contributed by atoms with Crippen LogP contribution in [0.3, 0.4) is 0 Å². The number of ether oxygens (including phenoxy) is 1. The molecule has 0 spiro atoms. The lowest BCUT2D eigenvalue weighted by Gasteiger charge is -2.27. The molecule has 2 N–H and O–H groups in total. The Labute approximate surface area is 153 Å². The minimum Gasteiger partial charge on any atom is -0.378 e. The van der Waals surface area contributed by atoms with Crippen LogP contribution >= 0.6 is 11.6 Å². The predicted octanol–water partition coefficient (Wildman–Crippen LogP) is 1.63. The molecule has 1 aromatic carbocycles. The van der Waals surface area contributed by atoms with E-state index in [4.69, 9.17) is 16.3 Å². The average molecular weight is 379 g/mol. The number of carbonyl (C=O) groups excluding carboxylic acids is 1. The van der Waals surface area contributed by atoms with Crippen molar-refractivity contribution in [2.75, 3.05) is 36.6 Å². The van der Waals surface area contributed by atoms with Crippen LogP contribution in [0.15, 0.2) is 30.6 Å². The normalized spacial score (nSPS) is 14.0. The van der Waals surface area contributed by atoms with Crippen LogP contribution in [0.4, 0.5) is 17.3 Å². The van der Waals surface area contributed by atoms with Gasteiger partial charge in [0.15, 0.2) is 0 Å². The Kier molecular flexibility index (Phi) is 5.44. The highest BCUT2D eigenvalue weighted by Gasteiger charge is 2.28. The first-order valence-corrected chi connectivity index (χ1v) is 8.08. The van der Waals surface area contributed by atoms with E-state index in [1.807, 2.05) is 0 Å². The first kappa shape index (κ1) is 17.8. The van der Waals surface area contributed by atoms with Gasteiger partial charge in [-0.1, -0.05) is 23.7 Å². The zero-order chi connectivity index (χ0) is 18.5. The van der Waals surface area contributed by atoms with Crippen molar-refractivity contribution in [1.29, 1.82) is 0 Å². The molecule has 0 radical (unpaired) electrons. The van der Waals surface area contributed by atoms with E-state index in [0.29, 0.717) is 26.3 Å². The molecule has 1 aliphatic heterocycles. The predicted molar refractivity (Wildman–Crippen MR) is 94.3 cm³/mol. The highest BCUT2D eigenvalue weighted by Crippen LogP contribution is 2.31. The van der Waals surface area contributed by atoms with E-state index in [1.54, 1.807) is 23.1 Å². The third-order valence-electron chi connectivity index (χ3n) is 3.71. The summed E-state index contributed by atoms with van der Waals surface area (Å²) in [5.41, 5.74) is 4.76. The fourth-order valence-corrected chi connectivity index (χ4v) is 2.69. The molecule has 1 aromatic heterocycles. The molecule has 3 rings (SSSR count). The molecule has 0 unspecified atom stereocenters. The lowest BCUT2D eigenvalue weighted by Crippen LogP contribution is -2.37. The molecular weight excluding hydrogens is 364 g/mol. The number of hydrogen-bond acceptors (Lipinski definition) is 8. The van der Waals surface area contributed by atoms with E-state index in [0.717, 1.165) is 0 Å². The van der Waals surface area contributed by atoms with Gasteiger partial charge >= 0.3 is 5.69 Å². The number of nitrogens with zero attached hydrogens (tertiary/aromatic N) is 4. The number of nitro groups is 1. The second-order valence-electron chi connectivity index (χ2n) is 5.31. The van der Waals surface area contributed by atoms with Crippen molar-refractivity contribution in [3.63, 3.8) is 0 Å². The summed E-state index contributed by atoms with van der Waals surface area (Å²) >= 11 is 5.97. The van der Waals surface area contributed by atoms with Crippen LogP contribution in [-0.4, -0.2) is 47.1 Å². The Morgan fingerprint density at radius 2 is 2.00 bits per heavy atom. The monoisotopic (exact) mass is 378 g/mol. The third kappa shape index (κ3) is 3.81. The second kappa shape index (κ2) is 7.93. The molecule has 136 valence electrons. The molecule has 1 amide bonds. The number of aromatic nitrogens is 2. The van der Waals surface area contributed by atoms with Gasteiger partial charge in [-0.15, -0.1) is 0 Å². The second-order valence-corrected chi connectivity index (χ2v) is 5.72. The summed E-state index contributed by atoms with van der Waals surface area (Å²) in [6.07, 6.45) is 1.20. The molecule has 2 aromatic rings. The number of morpholine rings is 1. The molecule has 11 heteroatoms. The van der Waals surface area contributed by atoms with Crippen molar-refractivity contribution in [2.45, 2.75) is 0 Å². The number of halogens is 1. The fourth-order valence-electron chi connectivity index (χ4n) is 2.46. The lowest BCUT2D eigenvalue weighted by atomic mass is 10.2. The molecule has 10 nitrogen and oxygen atoms in total. The first-order chi connectivity index (χ1) is 12.6. The van der Waals surface area contributed by atoms with E-state index in [2.05, 4.69) is 20.8 Å². The number of anilines is 2. The van der Waals surface area contributed by atoms with Crippen LogP contribution in [0.2, 0.25) is 5.02 Å². The molecule has 0 bridgehead atoms. The van der Waals surface area contributed by atoms with Crippen molar-refractivity contribution >= 4 is 34.8 Å². The van der Waals surface area contributed by atoms with Gasteiger partial charge in [0.1, 0.15) is 6.33 Å². The molecule has 0 aliphatic carbocycles. The van der Waals surface area contributed by atoms with E-state index in [9.17, 15) is 14.9 Å². The Morgan fingerprint density at radius 3 is 2.69 bits per heavy atom. The van der Waals surface area contributed by atoms with Gasteiger partial charge in [-0.05, 0) is 12.1 Å². The van der Waals surface area contributed by atoms with Crippen LogP contribution in [0, 0.1) is 10.1 Å². The van der Waals surface area contributed by atoms with Crippen molar-refractivity contribution in [1.82, 2.24) is 15.4 Å². The summed E-state index contributed by atoms with van der Waals surface area (Å²) < 4.78 is 5.25. The largest absolute Gasteiger partial charge is 0.378 e. The summed E-state index contributed by atoms with van der Waals surface area (Å²) in [5.74, 6) is -0.494. The molecule has 0 saturated carbocycles. The van der Waals surface area contributed by atoms with Gasteiger partial charge in [0, 0.05) is 13.1 Å². The summed E-state index contributed by atoms with van der Waals surface area (Å²) in [4.78, 5) is 32.8. The number of hydrogen-bond donors (Lipinski definition) is 2. The van der Waals surface area contributed by atoms with Crippen molar-refractivity contribution in [3.8, 4) is 0 Å². The Hall–Kier alpha value is -2.98.